The maximum absolute atomic E-state index is 13.3. The highest BCUT2D eigenvalue weighted by atomic mass is 19.1. The molecule has 1 aromatic carbocycles. The minimum atomic E-state index is -0.562. The van der Waals surface area contributed by atoms with Crippen molar-refractivity contribution < 1.29 is 4.39 Å². The van der Waals surface area contributed by atoms with Gasteiger partial charge in [0, 0.05) is 29.9 Å². The van der Waals surface area contributed by atoms with Crippen molar-refractivity contribution in [1.29, 1.82) is 5.26 Å². The van der Waals surface area contributed by atoms with Gasteiger partial charge in [-0.25, -0.2) is 13.9 Å². The molecule has 0 saturated carbocycles. The quantitative estimate of drug-likeness (QED) is 0.780. The second-order valence-electron chi connectivity index (χ2n) is 4.74. The number of aromatic amines is 1. The fourth-order valence-electron chi connectivity index (χ4n) is 2.28. The van der Waals surface area contributed by atoms with Crippen LogP contribution in [0, 0.1) is 24.1 Å². The Bertz CT molecular complexity index is 933. The summed E-state index contributed by atoms with van der Waals surface area (Å²) in [6, 6.07) is 7.77. The molecule has 2 aromatic heterocycles. The first-order chi connectivity index (χ1) is 10.1. The zero-order valence-corrected chi connectivity index (χ0v) is 11.2. The Morgan fingerprint density at radius 3 is 3.00 bits per heavy atom. The molecule has 21 heavy (non-hydrogen) atoms. The zero-order valence-electron chi connectivity index (χ0n) is 11.2. The van der Waals surface area contributed by atoms with Crippen molar-refractivity contribution in [3.63, 3.8) is 0 Å². The van der Waals surface area contributed by atoms with E-state index < -0.39 is 5.82 Å². The highest BCUT2D eigenvalue weighted by Gasteiger charge is 2.12. The minimum Gasteiger partial charge on any atom is -0.297 e. The lowest BCUT2D eigenvalue weighted by Gasteiger charge is -2.06. The molecule has 0 bridgehead atoms. The van der Waals surface area contributed by atoms with Crippen LogP contribution >= 0.6 is 0 Å². The van der Waals surface area contributed by atoms with Crippen molar-refractivity contribution >= 4 is 5.65 Å². The van der Waals surface area contributed by atoms with Gasteiger partial charge in [0.05, 0.1) is 5.56 Å². The van der Waals surface area contributed by atoms with E-state index in [9.17, 15) is 9.18 Å². The average molecular weight is 282 g/mol. The van der Waals surface area contributed by atoms with Crippen molar-refractivity contribution in [2.75, 3.05) is 0 Å². The number of fused-ring (bicyclic) bond motifs is 1. The summed E-state index contributed by atoms with van der Waals surface area (Å²) in [6.07, 6.45) is 1.94. The number of aromatic nitrogens is 3. The molecule has 3 aromatic rings. The van der Waals surface area contributed by atoms with Crippen LogP contribution in [0.25, 0.3) is 5.65 Å². The van der Waals surface area contributed by atoms with Gasteiger partial charge in [-0.3, -0.25) is 9.89 Å². The third-order valence-corrected chi connectivity index (χ3v) is 3.38. The molecule has 104 valence electrons. The highest BCUT2D eigenvalue weighted by Crippen LogP contribution is 2.14. The van der Waals surface area contributed by atoms with E-state index in [4.69, 9.17) is 5.26 Å². The predicted molar refractivity (Wildman–Crippen MR) is 74.5 cm³/mol. The Morgan fingerprint density at radius 1 is 1.43 bits per heavy atom. The third kappa shape index (κ3) is 2.19. The highest BCUT2D eigenvalue weighted by molar-refractivity contribution is 5.41. The lowest BCUT2D eigenvalue weighted by Crippen LogP contribution is -2.22. The summed E-state index contributed by atoms with van der Waals surface area (Å²) in [5.74, 6) is -0.562. The second kappa shape index (κ2) is 4.87. The molecule has 0 spiro atoms. The summed E-state index contributed by atoms with van der Waals surface area (Å²) in [4.78, 5) is 16.7. The molecule has 0 atom stereocenters. The Labute approximate surface area is 119 Å². The van der Waals surface area contributed by atoms with E-state index in [1.54, 1.807) is 31.3 Å². The van der Waals surface area contributed by atoms with Gasteiger partial charge < -0.3 is 0 Å². The van der Waals surface area contributed by atoms with Crippen molar-refractivity contribution in [3.05, 3.63) is 69.0 Å². The smallest absolute Gasteiger partial charge is 0.276 e. The van der Waals surface area contributed by atoms with E-state index in [0.29, 0.717) is 28.9 Å². The second-order valence-corrected chi connectivity index (χ2v) is 4.74. The number of aryl methyl sites for hydroxylation is 1. The van der Waals surface area contributed by atoms with Crippen LogP contribution in [0.15, 0.2) is 35.3 Å². The van der Waals surface area contributed by atoms with E-state index in [0.717, 1.165) is 0 Å². The molecule has 1 N–H and O–H groups in total. The van der Waals surface area contributed by atoms with Gasteiger partial charge in [-0.15, -0.1) is 0 Å². The van der Waals surface area contributed by atoms with Crippen molar-refractivity contribution in [2.45, 2.75) is 13.3 Å². The van der Waals surface area contributed by atoms with Gasteiger partial charge in [0.2, 0.25) is 0 Å². The number of hydrogen-bond acceptors (Lipinski definition) is 3. The van der Waals surface area contributed by atoms with Crippen molar-refractivity contribution in [1.82, 2.24) is 14.6 Å². The molecule has 0 fully saturated rings. The van der Waals surface area contributed by atoms with Gasteiger partial charge >= 0.3 is 0 Å². The maximum Gasteiger partial charge on any atom is 0.276 e. The molecule has 3 rings (SSSR count). The fourth-order valence-corrected chi connectivity index (χ4v) is 2.28. The van der Waals surface area contributed by atoms with Gasteiger partial charge in [-0.05, 0) is 24.6 Å². The largest absolute Gasteiger partial charge is 0.297 e. The number of halogens is 1. The molecule has 0 saturated heterocycles. The first kappa shape index (κ1) is 13.1. The van der Waals surface area contributed by atoms with E-state index in [1.807, 2.05) is 0 Å². The normalized spacial score (nSPS) is 10.7. The number of benzene rings is 1. The van der Waals surface area contributed by atoms with Crippen LogP contribution in [0.3, 0.4) is 0 Å². The SMILES string of the molecule is Cc1nc2cc[nH]n2c(=O)c1Cc1ccc(F)c(C#N)c1. The Kier molecular flexibility index (Phi) is 3.03. The number of nitrogens with zero attached hydrogens (tertiary/aromatic N) is 3. The third-order valence-electron chi connectivity index (χ3n) is 3.38. The number of nitrogens with one attached hydrogen (secondary N) is 1. The zero-order chi connectivity index (χ0) is 15.0. The molecule has 0 aliphatic heterocycles. The maximum atomic E-state index is 13.3. The number of rotatable bonds is 2. The van der Waals surface area contributed by atoms with Crippen LogP contribution in [-0.2, 0) is 6.42 Å². The lowest BCUT2D eigenvalue weighted by atomic mass is 10.0. The molecular formula is C15H11FN4O. The summed E-state index contributed by atoms with van der Waals surface area (Å²) >= 11 is 0. The number of hydrogen-bond donors (Lipinski definition) is 1. The van der Waals surface area contributed by atoms with E-state index in [-0.39, 0.29) is 11.1 Å². The van der Waals surface area contributed by atoms with Gasteiger partial charge in [0.25, 0.3) is 5.56 Å². The van der Waals surface area contributed by atoms with Gasteiger partial charge in [-0.1, -0.05) is 6.07 Å². The monoisotopic (exact) mass is 282 g/mol. The first-order valence-electron chi connectivity index (χ1n) is 6.34. The van der Waals surface area contributed by atoms with Crippen molar-refractivity contribution in [3.8, 4) is 6.07 Å². The van der Waals surface area contributed by atoms with Crippen LogP contribution < -0.4 is 5.56 Å². The van der Waals surface area contributed by atoms with Crippen LogP contribution in [0.5, 0.6) is 0 Å². The van der Waals surface area contributed by atoms with E-state index >= 15 is 0 Å². The minimum absolute atomic E-state index is 0.0286. The molecule has 6 heteroatoms. The molecule has 0 aliphatic carbocycles. The molecule has 0 radical (unpaired) electrons. The van der Waals surface area contributed by atoms with Gasteiger partial charge in [0.1, 0.15) is 11.9 Å². The molecule has 0 aliphatic rings. The standard InChI is InChI=1S/C15H11FN4O/c1-9-12(15(21)20-14(19-9)4-5-18-20)7-10-2-3-13(16)11(6-10)8-17/h2-6,18H,7H2,1H3. The Balaban J connectivity index is 2.10. The van der Waals surface area contributed by atoms with E-state index in [2.05, 4.69) is 10.1 Å². The summed E-state index contributed by atoms with van der Waals surface area (Å²) in [7, 11) is 0. The van der Waals surface area contributed by atoms with Crippen molar-refractivity contribution in [2.24, 2.45) is 0 Å². The van der Waals surface area contributed by atoms with Crippen LogP contribution in [-0.4, -0.2) is 14.6 Å². The average Bonchev–Trinajstić information content (AvgIpc) is 2.93. The van der Waals surface area contributed by atoms with Crippen LogP contribution in [0.2, 0.25) is 0 Å². The summed E-state index contributed by atoms with van der Waals surface area (Å²) < 4.78 is 14.7. The Morgan fingerprint density at radius 2 is 2.24 bits per heavy atom. The van der Waals surface area contributed by atoms with E-state index in [1.165, 1.54) is 16.6 Å². The Hall–Kier alpha value is -2.94. The lowest BCUT2D eigenvalue weighted by molar-refractivity contribution is 0.623. The molecule has 2 heterocycles. The van der Waals surface area contributed by atoms with Gasteiger partial charge in [-0.2, -0.15) is 5.26 Å². The molecular weight excluding hydrogens is 271 g/mol. The molecule has 0 amide bonds. The topological polar surface area (TPSA) is 74.0 Å². The summed E-state index contributed by atoms with van der Waals surface area (Å²) in [6.45, 7) is 1.76. The van der Waals surface area contributed by atoms with Gasteiger partial charge in [0.15, 0.2) is 5.65 Å². The number of H-pyrrole nitrogens is 1. The summed E-state index contributed by atoms with van der Waals surface area (Å²) in [5.41, 5.74) is 2.18. The first-order valence-corrected chi connectivity index (χ1v) is 6.34. The summed E-state index contributed by atoms with van der Waals surface area (Å²) in [5, 5.41) is 11.7. The fraction of sp³-hybridized carbons (Fsp3) is 0.133. The van der Waals surface area contributed by atoms with Crippen LogP contribution in [0.4, 0.5) is 4.39 Å². The number of nitriles is 1. The molecule has 0 unspecified atom stereocenters. The van der Waals surface area contributed by atoms with Crippen LogP contribution in [0.1, 0.15) is 22.4 Å². The predicted octanol–water partition coefficient (Wildman–Crippen LogP) is 1.93. The molecule has 5 nitrogen and oxygen atoms in total.